The molecule has 0 radical (unpaired) electrons. The van der Waals surface area contributed by atoms with Crippen molar-refractivity contribution in [1.29, 1.82) is 0 Å². The van der Waals surface area contributed by atoms with Gasteiger partial charge in [0.05, 0.1) is 0 Å². The highest BCUT2D eigenvalue weighted by Crippen LogP contribution is 2.41. The van der Waals surface area contributed by atoms with Crippen molar-refractivity contribution in [3.8, 4) is 5.75 Å². The molecule has 4 unspecified atom stereocenters. The van der Waals surface area contributed by atoms with E-state index in [4.69, 9.17) is 10.5 Å². The van der Waals surface area contributed by atoms with Gasteiger partial charge in [0.15, 0.2) is 0 Å². The van der Waals surface area contributed by atoms with Gasteiger partial charge in [-0.3, -0.25) is 14.4 Å². The third-order valence-electron chi connectivity index (χ3n) is 6.49. The Morgan fingerprint density at radius 2 is 1.87 bits per heavy atom. The van der Waals surface area contributed by atoms with Crippen LogP contribution >= 0.6 is 0 Å². The number of nitrogens with two attached hydrogens (primary N) is 1. The van der Waals surface area contributed by atoms with Crippen LogP contribution in [0.2, 0.25) is 0 Å². The van der Waals surface area contributed by atoms with Crippen LogP contribution in [0.4, 0.5) is 4.79 Å². The topological polar surface area (TPSA) is 151 Å². The summed E-state index contributed by atoms with van der Waals surface area (Å²) in [5, 5.41) is 15.7. The van der Waals surface area contributed by atoms with Gasteiger partial charge in [0.1, 0.15) is 23.4 Å². The van der Waals surface area contributed by atoms with E-state index in [9.17, 15) is 24.3 Å². The number of primary amides is 1. The minimum atomic E-state index is -1.13. The summed E-state index contributed by atoms with van der Waals surface area (Å²) in [5.41, 5.74) is 5.68. The monoisotopic (exact) mass is 532 g/mol. The van der Waals surface area contributed by atoms with Crippen molar-refractivity contribution in [2.24, 2.45) is 11.7 Å². The molecular formula is C28H44N4O6. The van der Waals surface area contributed by atoms with Gasteiger partial charge in [-0.15, -0.1) is 0 Å². The fourth-order valence-electron chi connectivity index (χ4n) is 4.32. The highest BCUT2D eigenvalue weighted by atomic mass is 16.6. The maximum atomic E-state index is 14.1. The minimum Gasteiger partial charge on any atom is -0.508 e. The molecule has 5 N–H and O–H groups in total. The fourth-order valence-corrected chi connectivity index (χ4v) is 4.32. The second-order valence-corrected chi connectivity index (χ2v) is 11.2. The molecule has 10 heteroatoms. The third-order valence-corrected chi connectivity index (χ3v) is 6.49. The molecule has 0 heterocycles. The predicted molar refractivity (Wildman–Crippen MR) is 144 cm³/mol. The molecule has 4 amide bonds. The molecule has 1 aliphatic carbocycles. The molecule has 0 aliphatic heterocycles. The maximum absolute atomic E-state index is 14.1. The number of aromatic hydroxyl groups is 1. The fraction of sp³-hybridized carbons (Fsp3) is 0.643. The number of phenolic OH excluding ortho intramolecular Hbond substituents is 1. The lowest BCUT2D eigenvalue weighted by atomic mass is 9.99. The van der Waals surface area contributed by atoms with Crippen LogP contribution in [0, 0.1) is 12.8 Å². The maximum Gasteiger partial charge on any atom is 0.408 e. The highest BCUT2D eigenvalue weighted by Gasteiger charge is 2.48. The Balaban J connectivity index is 2.47. The summed E-state index contributed by atoms with van der Waals surface area (Å²) in [6.45, 7) is 11.4. The average molecular weight is 533 g/mol. The standard InChI is InChI=1S/C28H44N4O6/c1-7-8-9-14-30-25(35)24(19-10-12-22(33)18(3)15-19)32(21-16-17(21)2)26(36)20(11-13-23(29)34)31-27(37)38-28(4,5)6/h10,12,15,17,20-21,24,33H,7-9,11,13-14,16H2,1-6H3,(H2,29,34)(H,30,35)(H,31,37). The zero-order valence-electron chi connectivity index (χ0n) is 23.5. The molecule has 212 valence electrons. The SMILES string of the molecule is CCCCCNC(=O)C(c1ccc(O)c(C)c1)N(C(=O)C(CCC(N)=O)NC(=O)OC(C)(C)C)C1CC1C. The molecule has 1 saturated carbocycles. The number of carbonyl (C=O) groups excluding carboxylic acids is 4. The smallest absolute Gasteiger partial charge is 0.408 e. The Bertz CT molecular complexity index is 1010. The van der Waals surface area contributed by atoms with Gasteiger partial charge < -0.3 is 31.1 Å². The number of rotatable bonds is 13. The van der Waals surface area contributed by atoms with Crippen LogP contribution in [0.1, 0.15) is 90.3 Å². The summed E-state index contributed by atoms with van der Waals surface area (Å²) in [6.07, 6.45) is 2.48. The number of phenols is 1. The third kappa shape index (κ3) is 9.22. The van der Waals surface area contributed by atoms with E-state index in [0.29, 0.717) is 24.1 Å². The van der Waals surface area contributed by atoms with Gasteiger partial charge in [-0.25, -0.2) is 4.79 Å². The highest BCUT2D eigenvalue weighted by molar-refractivity contribution is 5.93. The Labute approximate surface area is 225 Å². The number of hydrogen-bond donors (Lipinski definition) is 4. The Hall–Kier alpha value is -3.30. The predicted octanol–water partition coefficient (Wildman–Crippen LogP) is 3.44. The molecule has 1 aromatic carbocycles. The van der Waals surface area contributed by atoms with E-state index in [1.54, 1.807) is 39.8 Å². The Morgan fingerprint density at radius 1 is 1.21 bits per heavy atom. The van der Waals surface area contributed by atoms with Crippen LogP contribution in [0.5, 0.6) is 5.75 Å². The number of benzene rings is 1. The summed E-state index contributed by atoms with van der Waals surface area (Å²) in [7, 11) is 0. The van der Waals surface area contributed by atoms with Gasteiger partial charge in [-0.2, -0.15) is 0 Å². The number of unbranched alkanes of at least 4 members (excludes halogenated alkanes) is 2. The molecule has 1 aliphatic rings. The molecule has 1 fully saturated rings. The van der Waals surface area contributed by atoms with Crippen molar-refractivity contribution >= 4 is 23.8 Å². The van der Waals surface area contributed by atoms with Crippen molar-refractivity contribution in [2.45, 2.75) is 104 Å². The van der Waals surface area contributed by atoms with Crippen LogP contribution in [0.3, 0.4) is 0 Å². The Morgan fingerprint density at radius 3 is 2.39 bits per heavy atom. The number of aryl methyl sites for hydroxylation is 1. The van der Waals surface area contributed by atoms with E-state index in [0.717, 1.165) is 19.3 Å². The molecule has 2 rings (SSSR count). The number of amides is 4. The number of carbonyl (C=O) groups is 4. The second-order valence-electron chi connectivity index (χ2n) is 11.2. The van der Waals surface area contributed by atoms with Gasteiger partial charge in [0.25, 0.3) is 0 Å². The van der Waals surface area contributed by atoms with E-state index >= 15 is 0 Å². The zero-order chi connectivity index (χ0) is 28.6. The van der Waals surface area contributed by atoms with Crippen LogP contribution in [0.15, 0.2) is 18.2 Å². The van der Waals surface area contributed by atoms with E-state index in [-0.39, 0.29) is 36.5 Å². The largest absolute Gasteiger partial charge is 0.508 e. The number of alkyl carbamates (subject to hydrolysis) is 1. The lowest BCUT2D eigenvalue weighted by Crippen LogP contribution is -2.54. The first kappa shape index (κ1) is 30.9. The molecule has 0 saturated heterocycles. The van der Waals surface area contributed by atoms with Crippen LogP contribution in [0.25, 0.3) is 0 Å². The van der Waals surface area contributed by atoms with E-state index < -0.39 is 35.6 Å². The number of ether oxygens (including phenoxy) is 1. The summed E-state index contributed by atoms with van der Waals surface area (Å²) in [4.78, 5) is 53.5. The molecule has 10 nitrogen and oxygen atoms in total. The van der Waals surface area contributed by atoms with E-state index in [1.807, 2.05) is 6.92 Å². The first-order chi connectivity index (χ1) is 17.7. The number of nitrogens with zero attached hydrogens (tertiary/aromatic N) is 1. The zero-order valence-corrected chi connectivity index (χ0v) is 23.5. The molecule has 0 bridgehead atoms. The second kappa shape index (κ2) is 13.5. The Kier molecular flexibility index (Phi) is 11.0. The van der Waals surface area contributed by atoms with Crippen LogP contribution < -0.4 is 16.4 Å². The van der Waals surface area contributed by atoms with Gasteiger partial charge >= 0.3 is 6.09 Å². The lowest BCUT2D eigenvalue weighted by Gasteiger charge is -2.35. The van der Waals surface area contributed by atoms with Gasteiger partial charge in [0.2, 0.25) is 17.7 Å². The molecule has 0 spiro atoms. The summed E-state index contributed by atoms with van der Waals surface area (Å²) in [5.74, 6) is -1.22. The molecule has 38 heavy (non-hydrogen) atoms. The summed E-state index contributed by atoms with van der Waals surface area (Å²) >= 11 is 0. The number of nitrogens with one attached hydrogen (secondary N) is 2. The molecule has 0 aromatic heterocycles. The van der Waals surface area contributed by atoms with Crippen LogP contribution in [-0.4, -0.2) is 58.1 Å². The van der Waals surface area contributed by atoms with Crippen molar-refractivity contribution in [3.63, 3.8) is 0 Å². The average Bonchev–Trinajstić information content (AvgIpc) is 3.53. The molecule has 1 aromatic rings. The van der Waals surface area contributed by atoms with E-state index in [2.05, 4.69) is 17.6 Å². The van der Waals surface area contributed by atoms with Gasteiger partial charge in [0, 0.05) is 19.0 Å². The normalized spacial score (nSPS) is 18.2. The quantitative estimate of drug-likeness (QED) is 0.286. The summed E-state index contributed by atoms with van der Waals surface area (Å²) in [6, 6.07) is 2.47. The van der Waals surface area contributed by atoms with Crippen molar-refractivity contribution in [1.82, 2.24) is 15.5 Å². The molecular weight excluding hydrogens is 488 g/mol. The van der Waals surface area contributed by atoms with Crippen molar-refractivity contribution in [2.75, 3.05) is 6.54 Å². The van der Waals surface area contributed by atoms with Crippen molar-refractivity contribution in [3.05, 3.63) is 29.3 Å². The lowest BCUT2D eigenvalue weighted by molar-refractivity contribution is -0.143. The van der Waals surface area contributed by atoms with Gasteiger partial charge in [-0.05, 0) is 76.1 Å². The van der Waals surface area contributed by atoms with Crippen LogP contribution in [-0.2, 0) is 19.1 Å². The first-order valence-corrected chi connectivity index (χ1v) is 13.4. The summed E-state index contributed by atoms with van der Waals surface area (Å²) < 4.78 is 5.36. The minimum absolute atomic E-state index is 0.0372. The first-order valence-electron chi connectivity index (χ1n) is 13.4. The van der Waals surface area contributed by atoms with E-state index in [1.165, 1.54) is 11.0 Å². The molecule has 4 atom stereocenters. The number of hydrogen-bond acceptors (Lipinski definition) is 6. The van der Waals surface area contributed by atoms with Crippen molar-refractivity contribution < 1.29 is 29.0 Å². The van der Waals surface area contributed by atoms with Gasteiger partial charge in [-0.1, -0.05) is 32.8 Å².